The number of hydrogen-bond donors (Lipinski definition) is 1. The fourth-order valence-electron chi connectivity index (χ4n) is 0.959. The normalized spacial score (nSPS) is 11.1. The van der Waals surface area contributed by atoms with Crippen LogP contribution in [0.1, 0.15) is 6.92 Å². The van der Waals surface area contributed by atoms with Crippen molar-refractivity contribution in [3.05, 3.63) is 18.3 Å². The lowest BCUT2D eigenvalue weighted by atomic mass is 10.4. The first-order valence-corrected chi connectivity index (χ1v) is 6.79. The first-order chi connectivity index (χ1) is 6.39. The maximum absolute atomic E-state index is 11.6. The first-order valence-electron chi connectivity index (χ1n) is 4.19. The molecule has 1 aromatic heterocycles. The van der Waals surface area contributed by atoms with Gasteiger partial charge in [-0.2, -0.15) is 0 Å². The molecule has 0 fully saturated rings. The Hall–Kier alpha value is -1.15. The van der Waals surface area contributed by atoms with Gasteiger partial charge in [0, 0.05) is 18.4 Å². The Bertz CT molecular complexity index is 380. The Balaban J connectivity index is 2.89. The third-order valence-corrected chi connectivity index (χ3v) is 3.18. The minimum Gasteiger partial charge on any atom is -0.319 e. The number of nitrogens with zero attached hydrogens (tertiary/aromatic N) is 1. The van der Waals surface area contributed by atoms with Gasteiger partial charge in [0.1, 0.15) is 13.0 Å². The van der Waals surface area contributed by atoms with Gasteiger partial charge in [-0.15, -0.1) is 0 Å². The SMILES string of the molecule is CC(=O)Nc1ccc(P(C)(C)=O)cn1. The van der Waals surface area contributed by atoms with Crippen molar-refractivity contribution in [1.82, 2.24) is 4.98 Å². The van der Waals surface area contributed by atoms with Gasteiger partial charge in [0.2, 0.25) is 5.91 Å². The second-order valence-electron chi connectivity index (χ2n) is 3.43. The van der Waals surface area contributed by atoms with E-state index < -0.39 is 7.14 Å². The van der Waals surface area contributed by atoms with Crippen molar-refractivity contribution in [2.75, 3.05) is 18.6 Å². The molecule has 0 aliphatic carbocycles. The summed E-state index contributed by atoms with van der Waals surface area (Å²) < 4.78 is 11.6. The van der Waals surface area contributed by atoms with Gasteiger partial charge in [0.05, 0.1) is 0 Å². The molecule has 0 atom stereocenters. The van der Waals surface area contributed by atoms with E-state index >= 15 is 0 Å². The molecule has 1 amide bonds. The number of amides is 1. The van der Waals surface area contributed by atoms with Gasteiger partial charge in [-0.3, -0.25) is 4.79 Å². The number of hydrogen-bond acceptors (Lipinski definition) is 3. The summed E-state index contributed by atoms with van der Waals surface area (Å²) in [6.07, 6.45) is 1.53. The quantitative estimate of drug-likeness (QED) is 0.751. The van der Waals surface area contributed by atoms with Crippen LogP contribution in [-0.2, 0) is 9.36 Å². The van der Waals surface area contributed by atoms with Crippen LogP contribution in [0.2, 0.25) is 0 Å². The monoisotopic (exact) mass is 212 g/mol. The summed E-state index contributed by atoms with van der Waals surface area (Å²) in [5.41, 5.74) is 0. The van der Waals surface area contributed by atoms with Gasteiger partial charge in [0.15, 0.2) is 0 Å². The molecule has 0 spiro atoms. The zero-order valence-electron chi connectivity index (χ0n) is 8.44. The van der Waals surface area contributed by atoms with Crippen molar-refractivity contribution in [2.24, 2.45) is 0 Å². The van der Waals surface area contributed by atoms with Crippen LogP contribution in [-0.4, -0.2) is 24.2 Å². The van der Waals surface area contributed by atoms with E-state index in [0.29, 0.717) is 11.1 Å². The van der Waals surface area contributed by atoms with E-state index in [1.165, 1.54) is 13.1 Å². The molecule has 0 aliphatic rings. The van der Waals surface area contributed by atoms with Crippen LogP contribution in [0, 0.1) is 0 Å². The molecule has 0 unspecified atom stereocenters. The molecule has 4 nitrogen and oxygen atoms in total. The third-order valence-electron chi connectivity index (χ3n) is 1.67. The first kappa shape index (κ1) is 10.9. The predicted octanol–water partition coefficient (Wildman–Crippen LogP) is 1.29. The molecule has 1 aromatic rings. The molecule has 5 heteroatoms. The van der Waals surface area contributed by atoms with Crippen molar-refractivity contribution < 1.29 is 9.36 Å². The predicted molar refractivity (Wildman–Crippen MR) is 57.6 cm³/mol. The number of nitrogens with one attached hydrogen (secondary N) is 1. The van der Waals surface area contributed by atoms with Crippen LogP contribution in [0.5, 0.6) is 0 Å². The lowest BCUT2D eigenvalue weighted by Crippen LogP contribution is -2.10. The minimum absolute atomic E-state index is 0.165. The summed E-state index contributed by atoms with van der Waals surface area (Å²) in [5, 5.41) is 3.26. The van der Waals surface area contributed by atoms with Gasteiger partial charge in [-0.25, -0.2) is 4.98 Å². The van der Waals surface area contributed by atoms with E-state index in [4.69, 9.17) is 0 Å². The van der Waals surface area contributed by atoms with Crippen molar-refractivity contribution in [2.45, 2.75) is 6.92 Å². The molecular formula is C9H13N2O2P. The summed E-state index contributed by atoms with van der Waals surface area (Å²) in [7, 11) is -2.25. The maximum atomic E-state index is 11.6. The molecule has 0 saturated heterocycles. The summed E-state index contributed by atoms with van der Waals surface area (Å²) in [6.45, 7) is 4.78. The van der Waals surface area contributed by atoms with Gasteiger partial charge >= 0.3 is 0 Å². The lowest BCUT2D eigenvalue weighted by molar-refractivity contribution is -0.114. The molecule has 0 bridgehead atoms. The van der Waals surface area contributed by atoms with Gasteiger partial charge in [-0.1, -0.05) is 0 Å². The Morgan fingerprint density at radius 2 is 2.07 bits per heavy atom. The van der Waals surface area contributed by atoms with Gasteiger partial charge in [0.25, 0.3) is 0 Å². The van der Waals surface area contributed by atoms with Gasteiger partial charge in [-0.05, 0) is 25.5 Å². The van der Waals surface area contributed by atoms with Crippen molar-refractivity contribution in [3.63, 3.8) is 0 Å². The summed E-state index contributed by atoms with van der Waals surface area (Å²) in [6, 6.07) is 3.37. The smallest absolute Gasteiger partial charge is 0.222 e. The fourth-order valence-corrected chi connectivity index (χ4v) is 1.73. The highest BCUT2D eigenvalue weighted by Crippen LogP contribution is 2.33. The largest absolute Gasteiger partial charge is 0.319 e. The molecule has 0 radical (unpaired) electrons. The molecule has 1 rings (SSSR count). The zero-order chi connectivity index (χ0) is 10.8. The fraction of sp³-hybridized carbons (Fsp3) is 0.333. The van der Waals surface area contributed by atoms with E-state index in [9.17, 15) is 9.36 Å². The minimum atomic E-state index is -2.25. The van der Waals surface area contributed by atoms with E-state index in [2.05, 4.69) is 10.3 Å². The van der Waals surface area contributed by atoms with E-state index in [0.717, 1.165) is 0 Å². The topological polar surface area (TPSA) is 59.1 Å². The average molecular weight is 212 g/mol. The van der Waals surface area contributed by atoms with E-state index in [1.807, 2.05) is 0 Å². The highest BCUT2D eigenvalue weighted by atomic mass is 31.2. The number of carbonyl (C=O) groups is 1. The summed E-state index contributed by atoms with van der Waals surface area (Å²) in [4.78, 5) is 14.7. The van der Waals surface area contributed by atoms with E-state index in [1.54, 1.807) is 25.5 Å². The molecule has 76 valence electrons. The maximum Gasteiger partial charge on any atom is 0.222 e. The third kappa shape index (κ3) is 2.96. The standard InChI is InChI=1S/C9H13N2O2P/c1-7(12)11-9-5-4-8(6-10-9)14(2,3)13/h4-6H,1-3H3,(H,10,11,12). The van der Waals surface area contributed by atoms with Crippen LogP contribution < -0.4 is 10.6 Å². The Morgan fingerprint density at radius 3 is 2.43 bits per heavy atom. The van der Waals surface area contributed by atoms with Crippen molar-refractivity contribution >= 4 is 24.2 Å². The highest BCUT2D eigenvalue weighted by molar-refractivity contribution is 7.70. The Morgan fingerprint density at radius 1 is 1.43 bits per heavy atom. The zero-order valence-corrected chi connectivity index (χ0v) is 9.34. The van der Waals surface area contributed by atoms with E-state index in [-0.39, 0.29) is 5.91 Å². The van der Waals surface area contributed by atoms with Crippen molar-refractivity contribution in [1.29, 1.82) is 0 Å². The number of rotatable bonds is 2. The average Bonchev–Trinajstić information content (AvgIpc) is 2.02. The second-order valence-corrected chi connectivity index (χ2v) is 6.65. The van der Waals surface area contributed by atoms with Crippen LogP contribution in [0.15, 0.2) is 18.3 Å². The van der Waals surface area contributed by atoms with Crippen LogP contribution >= 0.6 is 7.14 Å². The Kier molecular flexibility index (Phi) is 3.06. The molecular weight excluding hydrogens is 199 g/mol. The number of carbonyl (C=O) groups excluding carboxylic acids is 1. The van der Waals surface area contributed by atoms with Crippen LogP contribution in [0.3, 0.4) is 0 Å². The second kappa shape index (κ2) is 3.93. The van der Waals surface area contributed by atoms with Crippen LogP contribution in [0.4, 0.5) is 5.82 Å². The summed E-state index contributed by atoms with van der Waals surface area (Å²) in [5.74, 6) is 0.316. The Labute approximate surface area is 83.1 Å². The molecule has 0 aromatic carbocycles. The molecule has 0 saturated carbocycles. The van der Waals surface area contributed by atoms with Crippen molar-refractivity contribution in [3.8, 4) is 0 Å². The summed E-state index contributed by atoms with van der Waals surface area (Å²) >= 11 is 0. The number of pyridine rings is 1. The molecule has 1 N–H and O–H groups in total. The van der Waals surface area contributed by atoms with Gasteiger partial charge < -0.3 is 9.88 Å². The molecule has 1 heterocycles. The highest BCUT2D eigenvalue weighted by Gasteiger charge is 2.10. The number of aromatic nitrogens is 1. The lowest BCUT2D eigenvalue weighted by Gasteiger charge is -2.06. The molecule has 0 aliphatic heterocycles. The van der Waals surface area contributed by atoms with Crippen LogP contribution in [0.25, 0.3) is 0 Å². The number of anilines is 1. The molecule has 14 heavy (non-hydrogen) atoms.